The third kappa shape index (κ3) is 5.02. The van der Waals surface area contributed by atoms with Crippen LogP contribution in [0.25, 0.3) is 0 Å². The Morgan fingerprint density at radius 2 is 2.18 bits per heavy atom. The zero-order valence-electron chi connectivity index (χ0n) is 15.7. The Labute approximate surface area is 163 Å². The van der Waals surface area contributed by atoms with E-state index in [1.54, 1.807) is 12.1 Å². The first-order chi connectivity index (χ1) is 13.6. The zero-order chi connectivity index (χ0) is 19.9. The van der Waals surface area contributed by atoms with Crippen LogP contribution < -0.4 is 10.7 Å². The van der Waals surface area contributed by atoms with E-state index >= 15 is 0 Å². The van der Waals surface area contributed by atoms with Crippen molar-refractivity contribution in [1.82, 2.24) is 25.7 Å². The van der Waals surface area contributed by atoms with Crippen molar-refractivity contribution >= 4 is 24.0 Å². The number of carbonyl (C=O) groups is 3. The first kappa shape index (κ1) is 20.2. The highest BCUT2D eigenvalue weighted by molar-refractivity contribution is 5.97. The molecule has 0 radical (unpaired) electrons. The van der Waals surface area contributed by atoms with Crippen LogP contribution in [0.5, 0.6) is 0 Å². The molecule has 0 spiro atoms. The summed E-state index contributed by atoms with van der Waals surface area (Å²) in [6.45, 7) is 0.395. The molecule has 2 aliphatic rings. The number of amides is 3. The minimum absolute atomic E-state index is 0.0878. The molecule has 1 aliphatic carbocycles. The van der Waals surface area contributed by atoms with Crippen molar-refractivity contribution in [2.75, 3.05) is 18.4 Å². The lowest BCUT2D eigenvalue weighted by atomic mass is 9.92. The molecule has 0 aromatic carbocycles. The van der Waals surface area contributed by atoms with Crippen molar-refractivity contribution in [3.8, 4) is 0 Å². The van der Waals surface area contributed by atoms with Crippen LogP contribution in [0.2, 0.25) is 0 Å². The molecule has 1 aromatic rings. The number of hydrogen-bond acceptors (Lipinski definition) is 7. The molecule has 1 unspecified atom stereocenters. The maximum atomic E-state index is 13.2. The number of rotatable bonds is 8. The Bertz CT molecular complexity index is 682. The molecule has 0 bridgehead atoms. The Hall–Kier alpha value is -2.59. The molecule has 28 heavy (non-hydrogen) atoms. The van der Waals surface area contributed by atoms with E-state index in [0.717, 1.165) is 25.7 Å². The van der Waals surface area contributed by atoms with Crippen LogP contribution in [-0.2, 0) is 14.4 Å². The molecular weight excluding hydrogens is 364 g/mol. The summed E-state index contributed by atoms with van der Waals surface area (Å²) in [5, 5.41) is 21.7. The van der Waals surface area contributed by atoms with Crippen LogP contribution >= 0.6 is 0 Å². The number of nitrogens with zero attached hydrogens (tertiary/aromatic N) is 4. The summed E-state index contributed by atoms with van der Waals surface area (Å²) in [6.07, 6.45) is 7.19. The second-order valence-corrected chi connectivity index (χ2v) is 7.33. The molecule has 3 amide bonds. The monoisotopic (exact) mass is 390 g/mol. The fraction of sp³-hybridized carbons (Fsp3) is 0.611. The standard InChI is InChI=1S/C18H26N6O4/c25-12-23(28)11-14(10-13-4-1-2-5-13)18(27)24-15(7-9-20-24)17(26)21-16-6-3-8-19-22-16/h3,6,8,12-15,20,28H,1-2,4-5,7,9-11H2,(H,21,22,26)/t14?,15-/m0/s1. The van der Waals surface area contributed by atoms with E-state index < -0.39 is 12.0 Å². The van der Waals surface area contributed by atoms with E-state index in [4.69, 9.17) is 0 Å². The van der Waals surface area contributed by atoms with Gasteiger partial charge in [-0.2, -0.15) is 5.10 Å². The van der Waals surface area contributed by atoms with Crippen molar-refractivity contribution in [3.05, 3.63) is 18.3 Å². The molecule has 10 nitrogen and oxygen atoms in total. The topological polar surface area (TPSA) is 128 Å². The van der Waals surface area contributed by atoms with Gasteiger partial charge in [-0.25, -0.2) is 10.5 Å². The number of nitrogens with one attached hydrogen (secondary N) is 2. The molecule has 3 N–H and O–H groups in total. The summed E-state index contributed by atoms with van der Waals surface area (Å²) in [7, 11) is 0. The maximum absolute atomic E-state index is 13.2. The van der Waals surface area contributed by atoms with Gasteiger partial charge in [0.1, 0.15) is 6.04 Å². The number of hydrogen-bond donors (Lipinski definition) is 3. The normalized spacial score (nSPS) is 20.8. The van der Waals surface area contributed by atoms with Crippen molar-refractivity contribution in [3.63, 3.8) is 0 Å². The molecule has 3 rings (SSSR count). The Balaban J connectivity index is 1.68. The summed E-state index contributed by atoms with van der Waals surface area (Å²) in [4.78, 5) is 36.7. The van der Waals surface area contributed by atoms with E-state index in [-0.39, 0.29) is 18.4 Å². The predicted octanol–water partition coefficient (Wildman–Crippen LogP) is 0.565. The highest BCUT2D eigenvalue weighted by atomic mass is 16.5. The average Bonchev–Trinajstić information content (AvgIpc) is 3.39. The van der Waals surface area contributed by atoms with Crippen molar-refractivity contribution < 1.29 is 19.6 Å². The number of carbonyl (C=O) groups excluding carboxylic acids is 3. The van der Waals surface area contributed by atoms with Crippen LogP contribution in [0.15, 0.2) is 18.3 Å². The second kappa shape index (κ2) is 9.56. The van der Waals surface area contributed by atoms with Crippen LogP contribution in [0.1, 0.15) is 38.5 Å². The fourth-order valence-electron chi connectivity index (χ4n) is 3.99. The number of hydrazine groups is 1. The van der Waals surface area contributed by atoms with Crippen molar-refractivity contribution in [2.45, 2.75) is 44.6 Å². The molecule has 1 saturated heterocycles. The van der Waals surface area contributed by atoms with Gasteiger partial charge in [-0.3, -0.25) is 24.6 Å². The first-order valence-corrected chi connectivity index (χ1v) is 9.64. The molecule has 10 heteroatoms. The molecule has 152 valence electrons. The molecule has 2 heterocycles. The number of anilines is 1. The quantitative estimate of drug-likeness (QED) is 0.336. The summed E-state index contributed by atoms with van der Waals surface area (Å²) < 4.78 is 0. The van der Waals surface area contributed by atoms with Gasteiger partial charge in [0, 0.05) is 12.7 Å². The summed E-state index contributed by atoms with van der Waals surface area (Å²) >= 11 is 0. The van der Waals surface area contributed by atoms with Crippen LogP contribution in [0, 0.1) is 11.8 Å². The number of hydroxylamine groups is 2. The van der Waals surface area contributed by atoms with Gasteiger partial charge in [-0.05, 0) is 30.9 Å². The van der Waals surface area contributed by atoms with E-state index in [9.17, 15) is 19.6 Å². The lowest BCUT2D eigenvalue weighted by Crippen LogP contribution is -2.51. The van der Waals surface area contributed by atoms with Crippen molar-refractivity contribution in [2.24, 2.45) is 11.8 Å². The number of aromatic nitrogens is 2. The third-order valence-corrected chi connectivity index (χ3v) is 5.35. The van der Waals surface area contributed by atoms with E-state index in [2.05, 4.69) is 20.9 Å². The predicted molar refractivity (Wildman–Crippen MR) is 98.5 cm³/mol. The molecular formula is C18H26N6O4. The minimum Gasteiger partial charge on any atom is -0.307 e. The molecule has 1 aliphatic heterocycles. The highest BCUT2D eigenvalue weighted by Gasteiger charge is 2.39. The Kier molecular flexibility index (Phi) is 6.88. The van der Waals surface area contributed by atoms with Gasteiger partial charge in [0.15, 0.2) is 5.82 Å². The lowest BCUT2D eigenvalue weighted by molar-refractivity contribution is -0.159. The van der Waals surface area contributed by atoms with Crippen LogP contribution in [-0.4, -0.2) is 62.8 Å². The van der Waals surface area contributed by atoms with Crippen LogP contribution in [0.4, 0.5) is 5.82 Å². The minimum atomic E-state index is -0.691. The van der Waals surface area contributed by atoms with Gasteiger partial charge in [-0.1, -0.05) is 25.7 Å². The fourth-order valence-corrected chi connectivity index (χ4v) is 3.99. The SMILES string of the molecule is O=CN(O)CC(CC1CCCC1)C(=O)N1NCC[C@H]1C(=O)Nc1cccnn1. The largest absolute Gasteiger partial charge is 0.307 e. The molecule has 2 atom stereocenters. The first-order valence-electron chi connectivity index (χ1n) is 9.64. The summed E-state index contributed by atoms with van der Waals surface area (Å²) in [5.41, 5.74) is 2.97. The molecule has 1 saturated carbocycles. The Morgan fingerprint density at radius 1 is 1.39 bits per heavy atom. The zero-order valence-corrected chi connectivity index (χ0v) is 15.7. The maximum Gasteiger partial charge on any atom is 0.250 e. The van der Waals surface area contributed by atoms with Gasteiger partial charge in [-0.15, -0.1) is 5.10 Å². The molecule has 1 aromatic heterocycles. The lowest BCUT2D eigenvalue weighted by Gasteiger charge is -2.29. The average molecular weight is 390 g/mol. The third-order valence-electron chi connectivity index (χ3n) is 5.35. The van der Waals surface area contributed by atoms with E-state index in [0.29, 0.717) is 42.6 Å². The van der Waals surface area contributed by atoms with Gasteiger partial charge in [0.2, 0.25) is 18.2 Å². The van der Waals surface area contributed by atoms with E-state index in [1.165, 1.54) is 11.2 Å². The second-order valence-electron chi connectivity index (χ2n) is 7.33. The van der Waals surface area contributed by atoms with Gasteiger partial charge in [0.25, 0.3) is 0 Å². The van der Waals surface area contributed by atoms with Gasteiger partial charge < -0.3 is 5.32 Å². The van der Waals surface area contributed by atoms with Crippen LogP contribution in [0.3, 0.4) is 0 Å². The van der Waals surface area contributed by atoms with Gasteiger partial charge >= 0.3 is 0 Å². The highest BCUT2D eigenvalue weighted by Crippen LogP contribution is 2.31. The summed E-state index contributed by atoms with van der Waals surface area (Å²) in [6, 6.07) is 2.59. The van der Waals surface area contributed by atoms with Gasteiger partial charge in [0.05, 0.1) is 12.5 Å². The molecule has 2 fully saturated rings. The smallest absolute Gasteiger partial charge is 0.250 e. The summed E-state index contributed by atoms with van der Waals surface area (Å²) in [5.74, 6) is -0.504. The van der Waals surface area contributed by atoms with E-state index in [1.807, 2.05) is 0 Å². The Morgan fingerprint density at radius 3 is 2.86 bits per heavy atom. The van der Waals surface area contributed by atoms with Crippen molar-refractivity contribution in [1.29, 1.82) is 0 Å².